The maximum absolute atomic E-state index is 6.03. The molecule has 0 radical (unpaired) electrons. The van der Waals surface area contributed by atoms with Crippen LogP contribution in [0.25, 0.3) is 10.9 Å². The van der Waals surface area contributed by atoms with Gasteiger partial charge in [0.15, 0.2) is 0 Å². The normalized spacial score (nSPS) is 17.9. The number of aryl methyl sites for hydroxylation is 1. The van der Waals surface area contributed by atoms with Crippen molar-refractivity contribution in [1.29, 1.82) is 0 Å². The van der Waals surface area contributed by atoms with Crippen LogP contribution in [0.2, 0.25) is 0 Å². The second-order valence-electron chi connectivity index (χ2n) is 5.84. The Labute approximate surface area is 125 Å². The van der Waals surface area contributed by atoms with Crippen molar-refractivity contribution >= 4 is 10.9 Å². The topological polar surface area (TPSA) is 14.2 Å². The van der Waals surface area contributed by atoms with E-state index in [2.05, 4.69) is 66.2 Å². The molecule has 1 aliphatic rings. The molecule has 1 unspecified atom stereocenters. The maximum Gasteiger partial charge on any atom is 0.101 e. The van der Waals surface area contributed by atoms with Crippen molar-refractivity contribution in [2.24, 2.45) is 0 Å². The minimum absolute atomic E-state index is 0.159. The molecule has 0 saturated heterocycles. The molecule has 21 heavy (non-hydrogen) atoms. The summed E-state index contributed by atoms with van der Waals surface area (Å²) >= 11 is 0. The Morgan fingerprint density at radius 2 is 2.05 bits per heavy atom. The van der Waals surface area contributed by atoms with Crippen molar-refractivity contribution in [3.05, 3.63) is 71.4 Å². The van der Waals surface area contributed by atoms with Crippen LogP contribution in [0.1, 0.15) is 22.8 Å². The van der Waals surface area contributed by atoms with Gasteiger partial charge >= 0.3 is 0 Å². The average Bonchev–Trinajstić information content (AvgIpc) is 2.90. The summed E-state index contributed by atoms with van der Waals surface area (Å²) in [7, 11) is 0. The van der Waals surface area contributed by atoms with Gasteiger partial charge in [-0.2, -0.15) is 0 Å². The van der Waals surface area contributed by atoms with Gasteiger partial charge in [-0.15, -0.1) is 0 Å². The van der Waals surface area contributed by atoms with Gasteiger partial charge < -0.3 is 9.30 Å². The van der Waals surface area contributed by atoms with E-state index in [1.54, 1.807) is 0 Å². The van der Waals surface area contributed by atoms with Crippen LogP contribution in [-0.4, -0.2) is 11.2 Å². The molecule has 0 fully saturated rings. The van der Waals surface area contributed by atoms with E-state index >= 15 is 0 Å². The van der Waals surface area contributed by atoms with E-state index in [1.165, 1.54) is 27.6 Å². The van der Waals surface area contributed by atoms with Crippen LogP contribution in [0.4, 0.5) is 0 Å². The van der Waals surface area contributed by atoms with Gasteiger partial charge in [0.25, 0.3) is 0 Å². The second kappa shape index (κ2) is 5.05. The molecule has 1 atom stereocenters. The van der Waals surface area contributed by atoms with E-state index in [-0.39, 0.29) is 6.10 Å². The molecule has 0 spiro atoms. The number of nitrogens with zero attached hydrogens (tertiary/aromatic N) is 1. The Bertz CT molecular complexity index is 787. The van der Waals surface area contributed by atoms with Crippen molar-refractivity contribution in [2.45, 2.75) is 26.0 Å². The summed E-state index contributed by atoms with van der Waals surface area (Å²) in [5, 5.41) is 1.30. The van der Waals surface area contributed by atoms with Crippen LogP contribution in [0.3, 0.4) is 0 Å². The fourth-order valence-corrected chi connectivity index (χ4v) is 3.29. The third-order valence-corrected chi connectivity index (χ3v) is 4.38. The van der Waals surface area contributed by atoms with Crippen LogP contribution >= 0.6 is 0 Å². The van der Waals surface area contributed by atoms with E-state index in [1.807, 2.05) is 0 Å². The summed E-state index contributed by atoms with van der Waals surface area (Å²) in [6.07, 6.45) is 3.36. The molecule has 0 amide bonds. The summed E-state index contributed by atoms with van der Waals surface area (Å²) in [6, 6.07) is 17.5. The summed E-state index contributed by atoms with van der Waals surface area (Å²) in [4.78, 5) is 0. The molecule has 2 nitrogen and oxygen atoms in total. The molecule has 0 aliphatic carbocycles. The highest BCUT2D eigenvalue weighted by Crippen LogP contribution is 2.29. The molecule has 0 bridgehead atoms. The lowest BCUT2D eigenvalue weighted by Crippen LogP contribution is -2.20. The lowest BCUT2D eigenvalue weighted by Gasteiger charge is -2.26. The molecule has 2 aromatic carbocycles. The highest BCUT2D eigenvalue weighted by molar-refractivity contribution is 5.80. The molecule has 2 heteroatoms. The number of aromatic nitrogens is 1. The number of hydrogen-bond donors (Lipinski definition) is 0. The number of benzene rings is 2. The zero-order valence-corrected chi connectivity index (χ0v) is 12.3. The Morgan fingerprint density at radius 3 is 3.00 bits per heavy atom. The summed E-state index contributed by atoms with van der Waals surface area (Å²) in [5.74, 6) is 0. The molecule has 3 aromatic rings. The first-order chi connectivity index (χ1) is 10.3. The molecule has 1 aliphatic heterocycles. The third kappa shape index (κ3) is 2.26. The van der Waals surface area contributed by atoms with E-state index in [4.69, 9.17) is 4.74 Å². The van der Waals surface area contributed by atoms with Gasteiger partial charge in [-0.25, -0.2) is 0 Å². The Balaban J connectivity index is 1.70. The lowest BCUT2D eigenvalue weighted by atomic mass is 9.97. The van der Waals surface area contributed by atoms with Gasteiger partial charge in [0.1, 0.15) is 6.10 Å². The largest absolute Gasteiger partial charge is 0.371 e. The molecular formula is C19H19NO. The monoisotopic (exact) mass is 277 g/mol. The summed E-state index contributed by atoms with van der Waals surface area (Å²) in [5.41, 5.74) is 5.37. The van der Waals surface area contributed by atoms with Gasteiger partial charge in [-0.3, -0.25) is 0 Å². The van der Waals surface area contributed by atoms with Crippen LogP contribution in [-0.2, 0) is 17.7 Å². The molecule has 0 saturated carbocycles. The van der Waals surface area contributed by atoms with Crippen molar-refractivity contribution in [3.8, 4) is 0 Å². The Hall–Kier alpha value is -2.06. The molecule has 4 rings (SSSR count). The Morgan fingerprint density at radius 1 is 1.14 bits per heavy atom. The Kier molecular flexibility index (Phi) is 3.04. The first-order valence-corrected chi connectivity index (χ1v) is 7.56. The van der Waals surface area contributed by atoms with Crippen LogP contribution in [0.15, 0.2) is 54.7 Å². The molecular weight excluding hydrogens is 258 g/mol. The van der Waals surface area contributed by atoms with Crippen LogP contribution < -0.4 is 0 Å². The SMILES string of the molecule is Cc1ccc2c(ccn2CC2OCCc3ccccc32)c1. The highest BCUT2D eigenvalue weighted by Gasteiger charge is 2.21. The van der Waals surface area contributed by atoms with E-state index in [0.717, 1.165) is 19.6 Å². The molecule has 0 N–H and O–H groups in total. The van der Waals surface area contributed by atoms with E-state index < -0.39 is 0 Å². The minimum Gasteiger partial charge on any atom is -0.371 e. The fourth-order valence-electron chi connectivity index (χ4n) is 3.29. The van der Waals surface area contributed by atoms with Crippen molar-refractivity contribution in [3.63, 3.8) is 0 Å². The lowest BCUT2D eigenvalue weighted by molar-refractivity contribution is 0.0314. The van der Waals surface area contributed by atoms with E-state index in [0.29, 0.717) is 0 Å². The number of rotatable bonds is 2. The summed E-state index contributed by atoms with van der Waals surface area (Å²) < 4.78 is 8.34. The standard InChI is InChI=1S/C19H19NO/c1-14-6-7-18-16(12-14)8-10-20(18)13-19-17-5-3-2-4-15(17)9-11-21-19/h2-8,10,12,19H,9,11,13H2,1H3. The van der Waals surface area contributed by atoms with Gasteiger partial charge in [0, 0.05) is 11.7 Å². The van der Waals surface area contributed by atoms with Crippen LogP contribution in [0.5, 0.6) is 0 Å². The smallest absolute Gasteiger partial charge is 0.101 e. The first-order valence-electron chi connectivity index (χ1n) is 7.56. The zero-order chi connectivity index (χ0) is 14.2. The average molecular weight is 277 g/mol. The first kappa shape index (κ1) is 12.7. The quantitative estimate of drug-likeness (QED) is 0.682. The number of ether oxygens (including phenoxy) is 1. The zero-order valence-electron chi connectivity index (χ0n) is 12.3. The number of hydrogen-bond acceptors (Lipinski definition) is 1. The van der Waals surface area contributed by atoms with Gasteiger partial charge in [-0.1, -0.05) is 35.9 Å². The molecule has 106 valence electrons. The van der Waals surface area contributed by atoms with Gasteiger partial charge in [0.2, 0.25) is 0 Å². The van der Waals surface area contributed by atoms with Crippen LogP contribution in [0, 0.1) is 6.92 Å². The van der Waals surface area contributed by atoms with E-state index in [9.17, 15) is 0 Å². The van der Waals surface area contributed by atoms with Crippen molar-refractivity contribution in [1.82, 2.24) is 4.57 Å². The third-order valence-electron chi connectivity index (χ3n) is 4.38. The second-order valence-corrected chi connectivity index (χ2v) is 5.84. The highest BCUT2D eigenvalue weighted by atomic mass is 16.5. The van der Waals surface area contributed by atoms with Crippen molar-refractivity contribution < 1.29 is 4.74 Å². The van der Waals surface area contributed by atoms with Gasteiger partial charge in [-0.05, 0) is 48.1 Å². The summed E-state index contributed by atoms with van der Waals surface area (Å²) in [6.45, 7) is 3.83. The molecule has 1 aromatic heterocycles. The predicted molar refractivity (Wildman–Crippen MR) is 85.5 cm³/mol. The maximum atomic E-state index is 6.03. The minimum atomic E-state index is 0.159. The predicted octanol–water partition coefficient (Wildman–Crippen LogP) is 4.26. The fraction of sp³-hybridized carbons (Fsp3) is 0.263. The molecule has 2 heterocycles. The van der Waals surface area contributed by atoms with Gasteiger partial charge in [0.05, 0.1) is 13.2 Å². The number of fused-ring (bicyclic) bond motifs is 2. The van der Waals surface area contributed by atoms with Crippen molar-refractivity contribution in [2.75, 3.05) is 6.61 Å².